The lowest BCUT2D eigenvalue weighted by Gasteiger charge is -2.23. The van der Waals surface area contributed by atoms with Crippen LogP contribution in [0.5, 0.6) is 0 Å². The number of nitrogens with zero attached hydrogens (tertiary/aromatic N) is 3. The minimum atomic E-state index is -3.34. The summed E-state index contributed by atoms with van der Waals surface area (Å²) in [6.07, 6.45) is 0.963. The minimum absolute atomic E-state index is 0.0395. The number of sulfone groups is 1. The summed E-state index contributed by atoms with van der Waals surface area (Å²) < 4.78 is 28.3. The first kappa shape index (κ1) is 17.2. The van der Waals surface area contributed by atoms with Gasteiger partial charge in [0.05, 0.1) is 5.75 Å². The minimum Gasteiger partial charge on any atom is -0.382 e. The number of nitrogens with two attached hydrogens (primary N) is 1. The van der Waals surface area contributed by atoms with E-state index in [2.05, 4.69) is 9.27 Å². The highest BCUT2D eigenvalue weighted by Crippen LogP contribution is 2.35. The second-order valence-corrected chi connectivity index (χ2v) is 7.81. The Morgan fingerprint density at radius 3 is 2.40 bits per heavy atom. The van der Waals surface area contributed by atoms with E-state index in [9.17, 15) is 8.42 Å². The fraction of sp³-hybridized carbons (Fsp3) is 0.750. The second-order valence-electron chi connectivity index (χ2n) is 4.84. The Kier molecular flexibility index (Phi) is 6.22. The van der Waals surface area contributed by atoms with Crippen molar-refractivity contribution in [3.8, 4) is 0 Å². The average molecular weight is 320 g/mol. The van der Waals surface area contributed by atoms with Crippen molar-refractivity contribution >= 4 is 32.2 Å². The molecule has 0 unspecified atom stereocenters. The molecule has 0 saturated heterocycles. The van der Waals surface area contributed by atoms with Crippen LogP contribution >= 0.6 is 11.5 Å². The zero-order valence-corrected chi connectivity index (χ0v) is 14.2. The van der Waals surface area contributed by atoms with Crippen LogP contribution in [0.4, 0.5) is 10.8 Å². The molecule has 116 valence electrons. The third-order valence-electron chi connectivity index (χ3n) is 3.05. The van der Waals surface area contributed by atoms with Crippen LogP contribution in [0, 0.1) is 0 Å². The summed E-state index contributed by atoms with van der Waals surface area (Å²) in [5.74, 6) is 0.163. The van der Waals surface area contributed by atoms with Gasteiger partial charge in [0, 0.05) is 13.1 Å². The van der Waals surface area contributed by atoms with Crippen molar-refractivity contribution in [2.24, 2.45) is 0 Å². The Morgan fingerprint density at radius 1 is 1.25 bits per heavy atom. The van der Waals surface area contributed by atoms with E-state index in [1.165, 1.54) is 11.5 Å². The van der Waals surface area contributed by atoms with Crippen LogP contribution in [0.15, 0.2) is 4.90 Å². The first-order valence-corrected chi connectivity index (χ1v) is 9.13. The number of aromatic nitrogens is 1. The van der Waals surface area contributed by atoms with Crippen LogP contribution in [0.3, 0.4) is 0 Å². The van der Waals surface area contributed by atoms with Crippen LogP contribution in [-0.2, 0) is 9.84 Å². The highest BCUT2D eigenvalue weighted by molar-refractivity contribution is 7.91. The molecule has 2 N–H and O–H groups in total. The Morgan fingerprint density at radius 2 is 1.90 bits per heavy atom. The van der Waals surface area contributed by atoms with Gasteiger partial charge in [-0.3, -0.25) is 0 Å². The van der Waals surface area contributed by atoms with E-state index in [1.807, 2.05) is 25.9 Å². The number of rotatable bonds is 8. The van der Waals surface area contributed by atoms with E-state index in [1.54, 1.807) is 6.92 Å². The standard InChI is InChI=1S/C12H24N4O2S2/c1-5-16(9-7-8-15(3)4)12-10(11(13)14-19-12)20(17,18)6-2/h5-9H2,1-4H3,(H2,13,14). The van der Waals surface area contributed by atoms with Gasteiger partial charge in [-0.15, -0.1) is 0 Å². The first-order valence-electron chi connectivity index (χ1n) is 6.71. The molecule has 6 nitrogen and oxygen atoms in total. The first-order chi connectivity index (χ1) is 9.33. The van der Waals surface area contributed by atoms with Gasteiger partial charge >= 0.3 is 0 Å². The summed E-state index contributed by atoms with van der Waals surface area (Å²) in [4.78, 5) is 4.36. The molecule has 1 aromatic rings. The number of hydrogen-bond donors (Lipinski definition) is 1. The van der Waals surface area contributed by atoms with Crippen LogP contribution in [0.25, 0.3) is 0 Å². The molecule has 0 aromatic carbocycles. The Labute approximate surface area is 125 Å². The van der Waals surface area contributed by atoms with Crippen molar-refractivity contribution in [2.75, 3.05) is 50.1 Å². The van der Waals surface area contributed by atoms with Gasteiger partial charge in [0.1, 0.15) is 9.90 Å². The molecular formula is C12H24N4O2S2. The third-order valence-corrected chi connectivity index (χ3v) is 5.89. The number of anilines is 2. The molecule has 0 bridgehead atoms. The van der Waals surface area contributed by atoms with Crippen molar-refractivity contribution in [1.29, 1.82) is 0 Å². The molecule has 1 aromatic heterocycles. The SMILES string of the molecule is CCN(CCCN(C)C)c1snc(N)c1S(=O)(=O)CC. The fourth-order valence-electron chi connectivity index (χ4n) is 1.90. The summed E-state index contributed by atoms with van der Waals surface area (Å²) in [6, 6.07) is 0. The lowest BCUT2D eigenvalue weighted by atomic mass is 10.3. The number of hydrogen-bond acceptors (Lipinski definition) is 7. The van der Waals surface area contributed by atoms with Crippen LogP contribution in [-0.4, -0.2) is 57.2 Å². The lowest BCUT2D eigenvalue weighted by Crippen LogP contribution is -2.27. The van der Waals surface area contributed by atoms with Crippen molar-refractivity contribution in [2.45, 2.75) is 25.2 Å². The summed E-state index contributed by atoms with van der Waals surface area (Å²) in [7, 11) is 0.702. The maximum atomic E-state index is 12.2. The topological polar surface area (TPSA) is 79.5 Å². The van der Waals surface area contributed by atoms with E-state index >= 15 is 0 Å². The zero-order valence-electron chi connectivity index (χ0n) is 12.6. The normalized spacial score (nSPS) is 12.1. The molecule has 1 heterocycles. The Balaban J connectivity index is 2.99. The van der Waals surface area contributed by atoms with Gasteiger partial charge in [-0.2, -0.15) is 4.37 Å². The summed E-state index contributed by atoms with van der Waals surface area (Å²) >= 11 is 1.17. The molecule has 0 aliphatic rings. The quantitative estimate of drug-likeness (QED) is 0.777. The van der Waals surface area contributed by atoms with Gasteiger partial charge in [-0.25, -0.2) is 8.42 Å². The molecule has 0 atom stereocenters. The predicted octanol–water partition coefficient (Wildman–Crippen LogP) is 1.30. The maximum absolute atomic E-state index is 12.2. The van der Waals surface area contributed by atoms with Crippen LogP contribution < -0.4 is 10.6 Å². The maximum Gasteiger partial charge on any atom is 0.184 e. The van der Waals surface area contributed by atoms with Gasteiger partial charge in [0.2, 0.25) is 0 Å². The summed E-state index contributed by atoms with van der Waals surface area (Å²) in [5.41, 5.74) is 5.76. The van der Waals surface area contributed by atoms with Crippen molar-refractivity contribution in [3.05, 3.63) is 0 Å². The lowest BCUT2D eigenvalue weighted by molar-refractivity contribution is 0.400. The predicted molar refractivity (Wildman–Crippen MR) is 85.3 cm³/mol. The molecule has 0 spiro atoms. The van der Waals surface area contributed by atoms with E-state index in [0.29, 0.717) is 5.00 Å². The smallest absolute Gasteiger partial charge is 0.184 e. The molecule has 0 aliphatic heterocycles. The summed E-state index contributed by atoms with van der Waals surface area (Å²) in [5, 5.41) is 0.672. The third kappa shape index (κ3) is 4.07. The fourth-order valence-corrected chi connectivity index (χ4v) is 4.30. The Bertz CT molecular complexity index is 526. The van der Waals surface area contributed by atoms with E-state index < -0.39 is 9.84 Å². The highest BCUT2D eigenvalue weighted by Gasteiger charge is 2.26. The van der Waals surface area contributed by atoms with E-state index in [0.717, 1.165) is 26.1 Å². The molecule has 0 radical (unpaired) electrons. The molecule has 0 saturated carbocycles. The van der Waals surface area contributed by atoms with Crippen molar-refractivity contribution < 1.29 is 8.42 Å². The molecule has 1 rings (SSSR count). The van der Waals surface area contributed by atoms with Gasteiger partial charge in [-0.1, -0.05) is 6.92 Å². The van der Waals surface area contributed by atoms with Gasteiger partial charge in [-0.05, 0) is 45.5 Å². The largest absolute Gasteiger partial charge is 0.382 e. The molecule has 0 aliphatic carbocycles. The number of nitrogen functional groups attached to an aromatic ring is 1. The molecular weight excluding hydrogens is 296 g/mol. The van der Waals surface area contributed by atoms with E-state index in [-0.39, 0.29) is 16.5 Å². The molecule has 0 fully saturated rings. The molecule has 8 heteroatoms. The van der Waals surface area contributed by atoms with Gasteiger partial charge in [0.25, 0.3) is 0 Å². The Hall–Kier alpha value is -0.860. The second kappa shape index (κ2) is 7.24. The highest BCUT2D eigenvalue weighted by atomic mass is 32.2. The van der Waals surface area contributed by atoms with Crippen molar-refractivity contribution in [3.63, 3.8) is 0 Å². The van der Waals surface area contributed by atoms with Gasteiger partial charge in [0.15, 0.2) is 15.7 Å². The monoisotopic (exact) mass is 320 g/mol. The summed E-state index contributed by atoms with van der Waals surface area (Å²) in [6.45, 7) is 6.12. The molecule has 20 heavy (non-hydrogen) atoms. The molecule has 0 amide bonds. The zero-order chi connectivity index (χ0) is 15.3. The van der Waals surface area contributed by atoms with Crippen LogP contribution in [0.2, 0.25) is 0 Å². The van der Waals surface area contributed by atoms with E-state index in [4.69, 9.17) is 5.73 Å². The average Bonchev–Trinajstić information content (AvgIpc) is 2.77. The van der Waals surface area contributed by atoms with Gasteiger partial charge < -0.3 is 15.5 Å². The van der Waals surface area contributed by atoms with Crippen LogP contribution in [0.1, 0.15) is 20.3 Å². The van der Waals surface area contributed by atoms with Crippen molar-refractivity contribution in [1.82, 2.24) is 9.27 Å².